The van der Waals surface area contributed by atoms with Crippen molar-refractivity contribution in [2.24, 2.45) is 12.5 Å². The fourth-order valence-electron chi connectivity index (χ4n) is 7.97. The number of halogens is 2. The van der Waals surface area contributed by atoms with Gasteiger partial charge in [-0.2, -0.15) is 0 Å². The minimum absolute atomic E-state index is 0.00373. The lowest BCUT2D eigenvalue weighted by molar-refractivity contribution is -0.144. The first-order valence-corrected chi connectivity index (χ1v) is 25.1. The van der Waals surface area contributed by atoms with Crippen molar-refractivity contribution in [3.8, 4) is 33.1 Å². The van der Waals surface area contributed by atoms with Crippen LogP contribution < -0.4 is 31.0 Å². The summed E-state index contributed by atoms with van der Waals surface area (Å²) in [5.41, 5.74) is 3.79. The zero-order chi connectivity index (χ0) is 51.4. The van der Waals surface area contributed by atoms with Gasteiger partial charge >= 0.3 is 0 Å². The number of pyridine rings is 1. The van der Waals surface area contributed by atoms with E-state index in [-0.39, 0.29) is 83.3 Å². The molecule has 3 aromatic heterocycles. The lowest BCUT2D eigenvalue weighted by Crippen LogP contribution is -2.58. The van der Waals surface area contributed by atoms with Gasteiger partial charge in [0.2, 0.25) is 27.7 Å². The summed E-state index contributed by atoms with van der Waals surface area (Å²) in [5.74, 6) is -4.67. The number of rotatable bonds is 18. The van der Waals surface area contributed by atoms with Crippen LogP contribution in [0.25, 0.3) is 32.5 Å². The minimum Gasteiger partial charge on any atom is -0.454 e. The molecule has 1 fully saturated rings. The molecule has 6 aromatic rings. The molecule has 71 heavy (non-hydrogen) atoms. The van der Waals surface area contributed by atoms with Gasteiger partial charge in [0.25, 0.3) is 11.5 Å². The predicted octanol–water partition coefficient (Wildman–Crippen LogP) is 5.35. The Morgan fingerprint density at radius 1 is 1.00 bits per heavy atom. The number of aliphatic hydroxyl groups is 1. The summed E-state index contributed by atoms with van der Waals surface area (Å²) in [6, 6.07) is 14.0. The molecule has 0 radical (unpaired) electrons. The average molecular weight is 1020 g/mol. The number of hydrogen-bond acceptors (Lipinski definition) is 12. The second kappa shape index (κ2) is 21.5. The lowest BCUT2D eigenvalue weighted by Gasteiger charge is -2.35. The van der Waals surface area contributed by atoms with E-state index in [1.54, 1.807) is 26.3 Å². The highest BCUT2D eigenvalue weighted by atomic mass is 32.2. The smallest absolute Gasteiger partial charge is 0.274 e. The van der Waals surface area contributed by atoms with Crippen molar-refractivity contribution < 1.29 is 51.0 Å². The van der Waals surface area contributed by atoms with Crippen molar-refractivity contribution in [2.75, 3.05) is 36.8 Å². The molecule has 1 aliphatic rings. The predicted molar refractivity (Wildman–Crippen MR) is 263 cm³/mol. The fourth-order valence-corrected chi connectivity index (χ4v) is 9.41. The Hall–Kier alpha value is -7.01. The largest absolute Gasteiger partial charge is 0.454 e. The van der Waals surface area contributed by atoms with Gasteiger partial charge in [-0.3, -0.25) is 28.7 Å². The van der Waals surface area contributed by atoms with Gasteiger partial charge in [0.05, 0.1) is 34.5 Å². The number of H-pyrrole nitrogens is 1. The van der Waals surface area contributed by atoms with Gasteiger partial charge in [-0.05, 0) is 66.8 Å². The molecule has 0 unspecified atom stereocenters. The molecule has 0 saturated carbocycles. The number of nitrogens with one attached hydrogen (secondary N) is 5. The molecule has 1 saturated heterocycles. The van der Waals surface area contributed by atoms with Crippen molar-refractivity contribution in [1.82, 2.24) is 35.4 Å². The maximum atomic E-state index is 14.8. The number of likely N-dealkylation sites (tertiary alicyclic amines) is 1. The van der Waals surface area contributed by atoms with Crippen LogP contribution in [-0.2, 0) is 42.7 Å². The quantitative estimate of drug-likeness (QED) is 0.0600. The van der Waals surface area contributed by atoms with E-state index in [2.05, 4.69) is 30.6 Å². The third-order valence-corrected chi connectivity index (χ3v) is 14.0. The first kappa shape index (κ1) is 51.8. The van der Waals surface area contributed by atoms with Crippen LogP contribution in [0, 0.1) is 24.0 Å². The highest BCUT2D eigenvalue weighted by Crippen LogP contribution is 2.40. The van der Waals surface area contributed by atoms with Gasteiger partial charge < -0.3 is 45.0 Å². The van der Waals surface area contributed by atoms with Crippen molar-refractivity contribution in [1.29, 1.82) is 0 Å². The Kier molecular flexibility index (Phi) is 15.7. The molecule has 3 atom stereocenters. The maximum absolute atomic E-state index is 14.8. The number of benzene rings is 3. The van der Waals surface area contributed by atoms with E-state index < -0.39 is 81.1 Å². The number of sulfonamides is 1. The zero-order valence-electron chi connectivity index (χ0n) is 39.7. The fraction of sp³-hybridized carbons (Fsp3) is 0.347. The van der Waals surface area contributed by atoms with E-state index in [0.717, 1.165) is 33.8 Å². The summed E-state index contributed by atoms with van der Waals surface area (Å²) in [5, 5.41) is 19.1. The summed E-state index contributed by atoms with van der Waals surface area (Å²) in [6.07, 6.45) is 0.507. The topological polar surface area (TPSA) is 243 Å². The molecule has 7 rings (SSSR count). The summed E-state index contributed by atoms with van der Waals surface area (Å²) in [4.78, 5) is 77.1. The molecular formula is C49H54F2N8O10S2. The molecule has 4 heterocycles. The Balaban J connectivity index is 0.972. The zero-order valence-corrected chi connectivity index (χ0v) is 41.4. The van der Waals surface area contributed by atoms with E-state index in [9.17, 15) is 46.3 Å². The SMILES string of the molecule is CCS(=O)(=O)Nc1ccc(Oc2ccc(F)cc2F)c(-c2cn(C)c(=O)c3[nH]c(C(=O)NCCOCC(=O)N[C@H](C(=O)N4C[C@H](O)C[C@H]4C(=O)NCc4ccc(-c5scnc5C)cc4)C(C)(C)C)cc23)c1. The summed E-state index contributed by atoms with van der Waals surface area (Å²) in [7, 11) is -2.29. The molecule has 22 heteroatoms. The van der Waals surface area contributed by atoms with Gasteiger partial charge in [0, 0.05) is 67.6 Å². The number of ether oxygens (including phenoxy) is 2. The highest BCUT2D eigenvalue weighted by molar-refractivity contribution is 7.92. The van der Waals surface area contributed by atoms with Crippen LogP contribution in [-0.4, -0.2) is 107 Å². The van der Waals surface area contributed by atoms with Crippen LogP contribution in [0.2, 0.25) is 0 Å². The van der Waals surface area contributed by atoms with Crippen molar-refractivity contribution >= 4 is 61.6 Å². The van der Waals surface area contributed by atoms with Gasteiger partial charge in [-0.25, -0.2) is 22.2 Å². The molecule has 6 N–H and O–H groups in total. The number of aromatic amines is 1. The Morgan fingerprint density at radius 3 is 2.41 bits per heavy atom. The van der Waals surface area contributed by atoms with Crippen LogP contribution in [0.5, 0.6) is 11.5 Å². The van der Waals surface area contributed by atoms with Gasteiger partial charge in [-0.15, -0.1) is 11.3 Å². The van der Waals surface area contributed by atoms with Crippen LogP contribution in [0.1, 0.15) is 55.9 Å². The maximum Gasteiger partial charge on any atom is 0.274 e. The Labute approximate surface area is 411 Å². The molecule has 0 aliphatic carbocycles. The molecule has 3 aromatic carbocycles. The van der Waals surface area contributed by atoms with E-state index in [0.29, 0.717) is 6.07 Å². The third kappa shape index (κ3) is 12.3. The van der Waals surface area contributed by atoms with E-state index >= 15 is 0 Å². The van der Waals surface area contributed by atoms with Crippen LogP contribution in [0.3, 0.4) is 0 Å². The number of nitrogens with zero attached hydrogens (tertiary/aromatic N) is 3. The number of thiazole rings is 1. The van der Waals surface area contributed by atoms with Crippen molar-refractivity contribution in [3.05, 3.63) is 117 Å². The summed E-state index contributed by atoms with van der Waals surface area (Å²) >= 11 is 1.54. The number of aliphatic hydroxyl groups excluding tert-OH is 1. The number of β-amino-alcohol motifs (C(OH)–C–C–N with tert-alkyl or cyclic N) is 1. The monoisotopic (exact) mass is 1020 g/mol. The molecule has 18 nitrogen and oxygen atoms in total. The third-order valence-electron chi connectivity index (χ3n) is 11.7. The summed E-state index contributed by atoms with van der Waals surface area (Å²) in [6.45, 7) is 8.02. The van der Waals surface area contributed by atoms with E-state index in [4.69, 9.17) is 9.47 Å². The van der Waals surface area contributed by atoms with E-state index in [1.165, 1.54) is 65.2 Å². The molecule has 1 aliphatic heterocycles. The molecular weight excluding hydrogens is 963 g/mol. The van der Waals surface area contributed by atoms with E-state index in [1.807, 2.05) is 31.2 Å². The van der Waals surface area contributed by atoms with Gasteiger partial charge in [0.1, 0.15) is 41.5 Å². The first-order valence-electron chi connectivity index (χ1n) is 22.5. The number of carbonyl (C=O) groups is 4. The van der Waals surface area contributed by atoms with Crippen LogP contribution in [0.4, 0.5) is 14.5 Å². The first-order chi connectivity index (χ1) is 33.6. The number of hydrogen-bond donors (Lipinski definition) is 6. The molecule has 0 spiro atoms. The summed E-state index contributed by atoms with van der Waals surface area (Å²) < 4.78 is 68.6. The molecule has 0 bridgehead atoms. The van der Waals surface area contributed by atoms with Crippen LogP contribution >= 0.6 is 11.3 Å². The standard InChI is InChI=1S/C49H54F2N8O10S2/c1-7-71(66,67)57-31-13-15-39(69-40-14-12-30(50)18-36(40)51)33(19-31)35-24-58(6)47(64)42-34(35)21-37(55-42)45(62)52-16-17-68-25-41(61)56-44(49(3,4)5)48(65)59-23-32(60)20-38(59)46(63)53-22-28-8-10-29(11-9-28)43-27(2)54-26-70-43/h8-15,18-19,21,24,26,32,38,44,55,57,60H,7,16-17,20,22-23,25H2,1-6H3,(H,52,62)(H,53,63)(H,56,61)/t32-,38+,44-/m1/s1. The lowest BCUT2D eigenvalue weighted by atomic mass is 9.85. The number of aromatic nitrogens is 3. The average Bonchev–Trinajstić information content (AvgIpc) is 4.08. The minimum atomic E-state index is -3.75. The van der Waals surface area contributed by atoms with Crippen molar-refractivity contribution in [3.63, 3.8) is 0 Å². The highest BCUT2D eigenvalue weighted by Gasteiger charge is 2.44. The van der Waals surface area contributed by atoms with Crippen LogP contribution in [0.15, 0.2) is 83.2 Å². The Bertz CT molecular complexity index is 3150. The van der Waals surface area contributed by atoms with Gasteiger partial charge in [0.15, 0.2) is 11.6 Å². The number of aryl methyl sites for hydroxylation is 2. The second-order valence-corrected chi connectivity index (χ2v) is 20.9. The number of fused-ring (bicyclic) bond motifs is 1. The van der Waals surface area contributed by atoms with Gasteiger partial charge in [-0.1, -0.05) is 45.0 Å². The van der Waals surface area contributed by atoms with Crippen molar-refractivity contribution in [2.45, 2.75) is 65.8 Å². The number of anilines is 1. The Morgan fingerprint density at radius 2 is 1.73 bits per heavy atom. The normalized spacial score (nSPS) is 15.4. The second-order valence-electron chi connectivity index (χ2n) is 18.1. The number of amides is 4. The molecule has 376 valence electrons. The number of carbonyl (C=O) groups excluding carboxylic acids is 4. The molecule has 4 amide bonds.